The second kappa shape index (κ2) is 5.53. The molecule has 0 atom stereocenters. The number of imidazole rings is 1. The van der Waals surface area contributed by atoms with E-state index in [4.69, 9.17) is 0 Å². The summed E-state index contributed by atoms with van der Waals surface area (Å²) in [5.41, 5.74) is 2.65. The Hall–Kier alpha value is -2.68. The molecule has 0 spiro atoms. The number of hydrogen-bond donors (Lipinski definition) is 0. The molecule has 0 bridgehead atoms. The van der Waals surface area contributed by atoms with E-state index in [1.165, 1.54) is 5.56 Å². The van der Waals surface area contributed by atoms with Crippen LogP contribution in [0.3, 0.4) is 0 Å². The Morgan fingerprint density at radius 1 is 0.950 bits per heavy atom. The highest BCUT2D eigenvalue weighted by Gasteiger charge is 2.09. The highest BCUT2D eigenvalue weighted by molar-refractivity contribution is 5.73. The second-order valence-corrected chi connectivity index (χ2v) is 4.59. The fourth-order valence-corrected chi connectivity index (χ4v) is 2.21. The van der Waals surface area contributed by atoms with Gasteiger partial charge in [0.25, 0.3) is 0 Å². The molecule has 3 heteroatoms. The van der Waals surface area contributed by atoms with Crippen molar-refractivity contribution >= 4 is 6.29 Å². The molecule has 0 aliphatic rings. The lowest BCUT2D eigenvalue weighted by molar-refractivity contribution is 0.111. The lowest BCUT2D eigenvalue weighted by Crippen LogP contribution is -2.00. The van der Waals surface area contributed by atoms with Crippen LogP contribution in [-0.2, 0) is 6.54 Å². The molecule has 0 unspecified atom stereocenters. The molecule has 0 saturated carbocycles. The van der Waals surface area contributed by atoms with Gasteiger partial charge in [0.1, 0.15) is 11.5 Å². The molecule has 0 radical (unpaired) electrons. The first-order chi connectivity index (χ1) is 9.86. The number of nitrogens with zero attached hydrogens (tertiary/aromatic N) is 2. The third-order valence-electron chi connectivity index (χ3n) is 3.14. The topological polar surface area (TPSA) is 34.9 Å². The van der Waals surface area contributed by atoms with Crippen LogP contribution in [0, 0.1) is 0 Å². The highest BCUT2D eigenvalue weighted by atomic mass is 16.1. The number of benzene rings is 2. The molecule has 0 aliphatic carbocycles. The maximum atomic E-state index is 11.0. The number of rotatable bonds is 4. The monoisotopic (exact) mass is 262 g/mol. The minimum Gasteiger partial charge on any atom is -0.326 e. The van der Waals surface area contributed by atoms with Crippen molar-refractivity contribution in [2.45, 2.75) is 6.54 Å². The molecule has 3 aromatic rings. The van der Waals surface area contributed by atoms with E-state index in [-0.39, 0.29) is 0 Å². The zero-order valence-corrected chi connectivity index (χ0v) is 10.9. The summed E-state index contributed by atoms with van der Waals surface area (Å²) in [5.74, 6) is 0.816. The Morgan fingerprint density at radius 3 is 2.25 bits per heavy atom. The van der Waals surface area contributed by atoms with Crippen molar-refractivity contribution in [1.82, 2.24) is 9.55 Å². The predicted molar refractivity (Wildman–Crippen MR) is 78.6 cm³/mol. The molecule has 2 aromatic carbocycles. The quantitative estimate of drug-likeness (QED) is 0.675. The maximum Gasteiger partial charge on any atom is 0.170 e. The van der Waals surface area contributed by atoms with Crippen molar-refractivity contribution in [2.75, 3.05) is 0 Å². The van der Waals surface area contributed by atoms with Gasteiger partial charge in [0.2, 0.25) is 0 Å². The molecule has 0 saturated heterocycles. The van der Waals surface area contributed by atoms with Crippen LogP contribution in [0.4, 0.5) is 0 Å². The summed E-state index contributed by atoms with van der Waals surface area (Å²) in [6.45, 7) is 0.700. The van der Waals surface area contributed by atoms with E-state index in [2.05, 4.69) is 17.1 Å². The van der Waals surface area contributed by atoms with Gasteiger partial charge in [0.15, 0.2) is 6.29 Å². The Balaban J connectivity index is 2.02. The van der Waals surface area contributed by atoms with Gasteiger partial charge in [-0.2, -0.15) is 0 Å². The van der Waals surface area contributed by atoms with Crippen LogP contribution >= 0.6 is 0 Å². The lowest BCUT2D eigenvalue weighted by Gasteiger charge is -2.07. The van der Waals surface area contributed by atoms with Gasteiger partial charge in [-0.15, -0.1) is 0 Å². The third kappa shape index (κ3) is 2.52. The average molecular weight is 262 g/mol. The summed E-state index contributed by atoms with van der Waals surface area (Å²) in [6, 6.07) is 20.0. The van der Waals surface area contributed by atoms with Crippen molar-refractivity contribution in [3.63, 3.8) is 0 Å². The van der Waals surface area contributed by atoms with Crippen LogP contribution < -0.4 is 0 Å². The number of aldehydes is 1. The van der Waals surface area contributed by atoms with E-state index in [0.717, 1.165) is 17.7 Å². The molecule has 0 aliphatic heterocycles. The van der Waals surface area contributed by atoms with Crippen LogP contribution in [0.15, 0.2) is 66.9 Å². The summed E-state index contributed by atoms with van der Waals surface area (Å²) in [7, 11) is 0. The Kier molecular flexibility index (Phi) is 3.42. The molecular weight excluding hydrogens is 248 g/mol. The molecule has 98 valence electrons. The summed E-state index contributed by atoms with van der Waals surface area (Å²) in [5, 5.41) is 0. The minimum absolute atomic E-state index is 0.458. The summed E-state index contributed by atoms with van der Waals surface area (Å²) in [6.07, 6.45) is 2.58. The molecule has 3 nitrogen and oxygen atoms in total. The van der Waals surface area contributed by atoms with Crippen molar-refractivity contribution < 1.29 is 4.79 Å². The summed E-state index contributed by atoms with van der Waals surface area (Å²) >= 11 is 0. The fraction of sp³-hybridized carbons (Fsp3) is 0.0588. The molecule has 1 heterocycles. The standard InChI is InChI=1S/C17H14N2O/c20-13-16-12-19(11-14-7-3-1-4-8-14)17(18-16)15-9-5-2-6-10-15/h1-10,12-13H,11H2. The van der Waals surface area contributed by atoms with E-state index in [1.54, 1.807) is 6.20 Å². The summed E-state index contributed by atoms with van der Waals surface area (Å²) < 4.78 is 2.01. The van der Waals surface area contributed by atoms with E-state index >= 15 is 0 Å². The highest BCUT2D eigenvalue weighted by Crippen LogP contribution is 2.19. The first kappa shape index (κ1) is 12.4. The van der Waals surface area contributed by atoms with Crippen molar-refractivity contribution in [2.24, 2.45) is 0 Å². The van der Waals surface area contributed by atoms with Crippen LogP contribution in [0.5, 0.6) is 0 Å². The molecule has 0 fully saturated rings. The van der Waals surface area contributed by atoms with E-state index in [9.17, 15) is 4.79 Å². The zero-order chi connectivity index (χ0) is 13.8. The van der Waals surface area contributed by atoms with Gasteiger partial charge in [0, 0.05) is 18.3 Å². The SMILES string of the molecule is O=Cc1cn(Cc2ccccc2)c(-c2ccccc2)n1. The van der Waals surface area contributed by atoms with E-state index in [0.29, 0.717) is 12.2 Å². The zero-order valence-electron chi connectivity index (χ0n) is 10.9. The van der Waals surface area contributed by atoms with Gasteiger partial charge in [-0.25, -0.2) is 4.98 Å². The second-order valence-electron chi connectivity index (χ2n) is 4.59. The largest absolute Gasteiger partial charge is 0.326 e. The Labute approximate surface area is 117 Å². The Morgan fingerprint density at radius 2 is 1.60 bits per heavy atom. The third-order valence-corrected chi connectivity index (χ3v) is 3.14. The van der Waals surface area contributed by atoms with Gasteiger partial charge in [-0.1, -0.05) is 60.7 Å². The smallest absolute Gasteiger partial charge is 0.170 e. The Bertz CT molecular complexity index is 702. The molecule has 1 aromatic heterocycles. The minimum atomic E-state index is 0.458. The van der Waals surface area contributed by atoms with Crippen LogP contribution in [0.1, 0.15) is 16.1 Å². The van der Waals surface area contributed by atoms with Gasteiger partial charge < -0.3 is 4.57 Å². The molecule has 0 N–H and O–H groups in total. The van der Waals surface area contributed by atoms with Crippen LogP contribution in [0.25, 0.3) is 11.4 Å². The van der Waals surface area contributed by atoms with Crippen molar-refractivity contribution in [3.05, 3.63) is 78.1 Å². The predicted octanol–water partition coefficient (Wildman–Crippen LogP) is 3.41. The number of hydrogen-bond acceptors (Lipinski definition) is 2. The lowest BCUT2D eigenvalue weighted by atomic mass is 10.2. The number of carbonyl (C=O) groups excluding carboxylic acids is 1. The van der Waals surface area contributed by atoms with Gasteiger partial charge in [-0.05, 0) is 5.56 Å². The fourth-order valence-electron chi connectivity index (χ4n) is 2.21. The number of carbonyl (C=O) groups is 1. The van der Waals surface area contributed by atoms with Crippen LogP contribution in [0.2, 0.25) is 0 Å². The van der Waals surface area contributed by atoms with Gasteiger partial charge in [-0.3, -0.25) is 4.79 Å². The van der Waals surface area contributed by atoms with Gasteiger partial charge in [0.05, 0.1) is 0 Å². The van der Waals surface area contributed by atoms with Crippen LogP contribution in [-0.4, -0.2) is 15.8 Å². The normalized spacial score (nSPS) is 10.4. The number of aromatic nitrogens is 2. The molecular formula is C17H14N2O. The summed E-state index contributed by atoms with van der Waals surface area (Å²) in [4.78, 5) is 15.4. The van der Waals surface area contributed by atoms with E-state index in [1.807, 2.05) is 53.1 Å². The maximum absolute atomic E-state index is 11.0. The molecule has 0 amide bonds. The molecule has 20 heavy (non-hydrogen) atoms. The average Bonchev–Trinajstić information content (AvgIpc) is 2.92. The first-order valence-corrected chi connectivity index (χ1v) is 6.48. The molecule has 3 rings (SSSR count). The van der Waals surface area contributed by atoms with Crippen molar-refractivity contribution in [1.29, 1.82) is 0 Å². The van der Waals surface area contributed by atoms with E-state index < -0.39 is 0 Å². The van der Waals surface area contributed by atoms with Crippen molar-refractivity contribution in [3.8, 4) is 11.4 Å². The first-order valence-electron chi connectivity index (χ1n) is 6.48. The van der Waals surface area contributed by atoms with Gasteiger partial charge >= 0.3 is 0 Å².